The van der Waals surface area contributed by atoms with Crippen LogP contribution < -0.4 is 19.5 Å². The second kappa shape index (κ2) is 11.9. The van der Waals surface area contributed by atoms with Crippen molar-refractivity contribution in [3.05, 3.63) is 47.5 Å². The van der Waals surface area contributed by atoms with Crippen molar-refractivity contribution in [1.29, 1.82) is 0 Å². The van der Waals surface area contributed by atoms with Gasteiger partial charge in [-0.3, -0.25) is 4.90 Å². The molecule has 32 heavy (non-hydrogen) atoms. The number of piperidine rings is 1. The lowest BCUT2D eigenvalue weighted by Crippen LogP contribution is -2.31. The number of aliphatic hydroxyl groups excluding tert-OH is 1. The summed E-state index contributed by atoms with van der Waals surface area (Å²) in [5, 5.41) is 10.8. The number of hydrogen-bond donors (Lipinski definition) is 1. The second-order valence-electron chi connectivity index (χ2n) is 8.68. The van der Waals surface area contributed by atoms with Crippen LogP contribution in [-0.2, 0) is 11.7 Å². The van der Waals surface area contributed by atoms with Gasteiger partial charge in [0.25, 0.3) is 0 Å². The number of methoxy groups -OCH3 is 2. The van der Waals surface area contributed by atoms with Crippen molar-refractivity contribution in [2.45, 2.75) is 57.7 Å². The van der Waals surface area contributed by atoms with Crippen molar-refractivity contribution in [2.24, 2.45) is 0 Å². The van der Waals surface area contributed by atoms with E-state index in [1.807, 2.05) is 12.1 Å². The predicted octanol–water partition coefficient (Wildman–Crippen LogP) is 5.04. The fourth-order valence-corrected chi connectivity index (χ4v) is 6.46. The van der Waals surface area contributed by atoms with Gasteiger partial charge in [-0.2, -0.15) is 0 Å². The van der Waals surface area contributed by atoms with E-state index in [1.165, 1.54) is 43.2 Å². The molecule has 1 heterocycles. The van der Waals surface area contributed by atoms with Gasteiger partial charge in [-0.1, -0.05) is 59.5 Å². The van der Waals surface area contributed by atoms with Crippen LogP contribution in [0.1, 0.15) is 57.1 Å². The summed E-state index contributed by atoms with van der Waals surface area (Å²) >= 11 is 0. The highest BCUT2D eigenvalue weighted by Crippen LogP contribution is 2.52. The molecule has 0 amide bonds. The monoisotopic (exact) mass is 459 g/mol. The molecule has 176 valence electrons. The molecule has 0 bridgehead atoms. The van der Waals surface area contributed by atoms with E-state index in [0.29, 0.717) is 20.1 Å². The van der Waals surface area contributed by atoms with Crippen molar-refractivity contribution in [3.8, 4) is 17.2 Å². The van der Waals surface area contributed by atoms with Gasteiger partial charge in [0.1, 0.15) is 5.75 Å². The first-order valence-corrected chi connectivity index (χ1v) is 12.6. The maximum Gasteiger partial charge on any atom is 0.186 e. The van der Waals surface area contributed by atoms with Crippen molar-refractivity contribution in [1.82, 2.24) is 4.90 Å². The van der Waals surface area contributed by atoms with Crippen LogP contribution in [0.15, 0.2) is 36.4 Å². The number of rotatable bonds is 11. The molecule has 2 aromatic rings. The zero-order valence-electron chi connectivity index (χ0n) is 19.9. The highest BCUT2D eigenvalue weighted by molar-refractivity contribution is 7.48. The third kappa shape index (κ3) is 5.95. The third-order valence-corrected chi connectivity index (χ3v) is 8.14. The molecule has 2 atom stereocenters. The number of likely N-dealkylation sites (tertiary alicyclic amines) is 1. The largest absolute Gasteiger partial charge is 0.497 e. The van der Waals surface area contributed by atoms with Gasteiger partial charge in [-0.15, -0.1) is 0 Å². The Morgan fingerprint density at radius 2 is 1.81 bits per heavy atom. The van der Waals surface area contributed by atoms with Gasteiger partial charge in [0, 0.05) is 23.3 Å². The lowest BCUT2D eigenvalue weighted by atomic mass is 9.93. The molecule has 0 saturated carbocycles. The van der Waals surface area contributed by atoms with E-state index in [2.05, 4.69) is 43.0 Å². The normalized spacial score (nSPS) is 16.8. The minimum absolute atomic E-state index is 0.181. The summed E-state index contributed by atoms with van der Waals surface area (Å²) in [4.78, 5) is 2.58. The highest BCUT2D eigenvalue weighted by atomic mass is 31.1. The van der Waals surface area contributed by atoms with E-state index in [0.717, 1.165) is 30.7 Å². The third-order valence-electron chi connectivity index (χ3n) is 6.31. The van der Waals surface area contributed by atoms with Gasteiger partial charge in [0.2, 0.25) is 0 Å². The van der Waals surface area contributed by atoms with Crippen LogP contribution >= 0.6 is 8.58 Å². The first kappa shape index (κ1) is 24.8. The van der Waals surface area contributed by atoms with Crippen molar-refractivity contribution in [3.63, 3.8) is 0 Å². The highest BCUT2D eigenvalue weighted by Gasteiger charge is 2.33. The Morgan fingerprint density at radius 1 is 1.06 bits per heavy atom. The van der Waals surface area contributed by atoms with Crippen LogP contribution in [0.5, 0.6) is 17.2 Å². The summed E-state index contributed by atoms with van der Waals surface area (Å²) in [6.45, 7) is 7.49. The van der Waals surface area contributed by atoms with Crippen molar-refractivity contribution < 1.29 is 19.3 Å². The number of aliphatic hydroxyl groups is 1. The Balaban J connectivity index is 2.01. The lowest BCUT2D eigenvalue weighted by molar-refractivity contribution is 0.0936. The molecule has 1 saturated heterocycles. The van der Waals surface area contributed by atoms with Gasteiger partial charge in [-0.25, -0.2) is 0 Å². The molecule has 0 aliphatic carbocycles. The van der Waals surface area contributed by atoms with Crippen LogP contribution in [0.2, 0.25) is 0 Å². The Labute approximate surface area is 194 Å². The fourth-order valence-electron chi connectivity index (χ4n) is 4.67. The molecule has 0 spiro atoms. The maximum absolute atomic E-state index is 9.59. The number of nitrogens with zero attached hydrogens (tertiary/aromatic N) is 1. The Hall–Kier alpha value is -1.81. The summed E-state index contributed by atoms with van der Waals surface area (Å²) in [5.41, 5.74) is 2.44. The molecule has 0 aromatic heterocycles. The molecule has 1 aliphatic rings. The Bertz CT molecular complexity index is 869. The summed E-state index contributed by atoms with van der Waals surface area (Å²) in [6.07, 6.45) is 5.96. The first-order chi connectivity index (χ1) is 15.5. The van der Waals surface area contributed by atoms with Crippen LogP contribution in [0.25, 0.3) is 0 Å². The molecule has 2 aromatic carbocycles. The van der Waals surface area contributed by atoms with Gasteiger partial charge < -0.3 is 19.3 Å². The van der Waals surface area contributed by atoms with E-state index in [4.69, 9.17) is 14.2 Å². The second-order valence-corrected chi connectivity index (χ2v) is 10.6. The number of ether oxygens (including phenoxy) is 3. The molecule has 1 aliphatic heterocycles. The molecule has 0 radical (unpaired) electrons. The molecule has 6 heteroatoms. The van der Waals surface area contributed by atoms with Gasteiger partial charge in [0.05, 0.1) is 14.2 Å². The van der Waals surface area contributed by atoms with Crippen LogP contribution in [0.3, 0.4) is 0 Å². The summed E-state index contributed by atoms with van der Waals surface area (Å²) < 4.78 is 16.9. The maximum atomic E-state index is 9.59. The first-order valence-electron chi connectivity index (χ1n) is 11.6. The van der Waals surface area contributed by atoms with Gasteiger partial charge >= 0.3 is 0 Å². The SMILES string of the molecule is CCCC(C)(Pc1ccccc1CN1CCCCC1)c1cc(OC)cc(OC)c1OCO. The number of benzene rings is 2. The quantitative estimate of drug-likeness (QED) is 0.377. The average molecular weight is 460 g/mol. The molecule has 1 fully saturated rings. The van der Waals surface area contributed by atoms with E-state index in [-0.39, 0.29) is 5.16 Å². The molecule has 3 rings (SSSR count). The van der Waals surface area contributed by atoms with Crippen LogP contribution in [-0.4, -0.2) is 44.1 Å². The molecule has 5 nitrogen and oxygen atoms in total. The minimum atomic E-state index is -0.396. The van der Waals surface area contributed by atoms with Gasteiger partial charge in [-0.05, 0) is 49.3 Å². The molecular formula is C26H38NO4P. The molecule has 1 N–H and O–H groups in total. The number of hydrogen-bond acceptors (Lipinski definition) is 5. The van der Waals surface area contributed by atoms with E-state index >= 15 is 0 Å². The smallest absolute Gasteiger partial charge is 0.186 e. The zero-order valence-corrected chi connectivity index (χ0v) is 20.9. The van der Waals surface area contributed by atoms with E-state index < -0.39 is 6.79 Å². The Morgan fingerprint density at radius 3 is 2.47 bits per heavy atom. The Kier molecular flexibility index (Phi) is 9.22. The summed E-state index contributed by atoms with van der Waals surface area (Å²) in [5.74, 6) is 1.92. The van der Waals surface area contributed by atoms with Crippen molar-refractivity contribution >= 4 is 13.9 Å². The van der Waals surface area contributed by atoms with E-state index in [1.54, 1.807) is 14.2 Å². The molecular weight excluding hydrogens is 421 g/mol. The standard InChI is InChI=1S/C26H38NO4P/c1-5-13-26(2,22-16-21(29-3)17-23(30-4)25(22)31-19-28)32-24-12-8-7-11-20(24)18-27-14-9-6-10-15-27/h7-8,11-12,16-17,28,32H,5-6,9-10,13-15,18-19H2,1-4H3. The minimum Gasteiger partial charge on any atom is -0.497 e. The fraction of sp³-hybridized carbons (Fsp3) is 0.538. The van der Waals surface area contributed by atoms with Crippen LogP contribution in [0.4, 0.5) is 0 Å². The lowest BCUT2D eigenvalue weighted by Gasteiger charge is -2.34. The topological polar surface area (TPSA) is 51.2 Å². The molecule has 2 unspecified atom stereocenters. The van der Waals surface area contributed by atoms with Crippen molar-refractivity contribution in [2.75, 3.05) is 34.1 Å². The summed E-state index contributed by atoms with van der Waals surface area (Å²) in [7, 11) is 3.84. The van der Waals surface area contributed by atoms with Crippen LogP contribution in [0, 0.1) is 0 Å². The average Bonchev–Trinajstić information content (AvgIpc) is 2.81. The van der Waals surface area contributed by atoms with Gasteiger partial charge in [0.15, 0.2) is 18.3 Å². The predicted molar refractivity (Wildman–Crippen MR) is 133 cm³/mol. The summed E-state index contributed by atoms with van der Waals surface area (Å²) in [6, 6.07) is 12.7. The van der Waals surface area contributed by atoms with E-state index in [9.17, 15) is 5.11 Å². The zero-order chi connectivity index (χ0) is 23.0.